The summed E-state index contributed by atoms with van der Waals surface area (Å²) in [5, 5.41) is 0. The smallest absolute Gasteiger partial charge is 0.142 e. The van der Waals surface area contributed by atoms with E-state index in [0.29, 0.717) is 0 Å². The molecule has 0 fully saturated rings. The normalized spacial score (nSPS) is 10.2. The van der Waals surface area contributed by atoms with Gasteiger partial charge < -0.3 is 4.90 Å². The minimum absolute atomic E-state index is 0.764. The van der Waals surface area contributed by atoms with E-state index in [-0.39, 0.29) is 0 Å². The Morgan fingerprint density at radius 2 is 1.80 bits per heavy atom. The maximum absolute atomic E-state index is 4.44. The second-order valence-corrected chi connectivity index (χ2v) is 3.81. The van der Waals surface area contributed by atoms with Crippen LogP contribution in [0.2, 0.25) is 0 Å². The number of rotatable bonds is 3. The summed E-state index contributed by atoms with van der Waals surface area (Å²) in [5.41, 5.74) is 5.75. The summed E-state index contributed by atoms with van der Waals surface area (Å²) in [6, 6.07) is 0. The fourth-order valence-electron chi connectivity index (χ4n) is 1.46. The predicted molar refractivity (Wildman–Crippen MR) is 62.5 cm³/mol. The number of hydrogen-bond acceptors (Lipinski definition) is 3. The molecular formula is C12H17N3. The van der Waals surface area contributed by atoms with E-state index in [4.69, 9.17) is 0 Å². The summed E-state index contributed by atoms with van der Waals surface area (Å²) in [6.45, 7) is 8.29. The maximum atomic E-state index is 4.44. The number of hydrogen-bond donors (Lipinski definition) is 0. The molecule has 3 nitrogen and oxygen atoms in total. The predicted octanol–water partition coefficient (Wildman–Crippen LogP) is 1.95. The van der Waals surface area contributed by atoms with Gasteiger partial charge in [0.25, 0.3) is 0 Å². The van der Waals surface area contributed by atoms with Gasteiger partial charge in [0.15, 0.2) is 0 Å². The lowest BCUT2D eigenvalue weighted by atomic mass is 10.1. The highest BCUT2D eigenvalue weighted by Gasteiger charge is 2.06. The van der Waals surface area contributed by atoms with E-state index in [2.05, 4.69) is 27.2 Å². The topological polar surface area (TPSA) is 29.0 Å². The van der Waals surface area contributed by atoms with Crippen LogP contribution in [0.1, 0.15) is 22.8 Å². The molecule has 0 bridgehead atoms. The highest BCUT2D eigenvalue weighted by Crippen LogP contribution is 2.12. The van der Waals surface area contributed by atoms with Crippen LogP contribution >= 0.6 is 0 Å². The van der Waals surface area contributed by atoms with Crippen LogP contribution in [0.5, 0.6) is 0 Å². The molecule has 1 aromatic heterocycles. The van der Waals surface area contributed by atoms with E-state index in [9.17, 15) is 0 Å². The van der Waals surface area contributed by atoms with Crippen LogP contribution in [0.15, 0.2) is 12.3 Å². The van der Waals surface area contributed by atoms with Crippen molar-refractivity contribution < 1.29 is 0 Å². The Morgan fingerprint density at radius 1 is 1.27 bits per heavy atom. The van der Waals surface area contributed by atoms with Crippen molar-refractivity contribution in [1.29, 1.82) is 0 Å². The minimum Gasteiger partial charge on any atom is -0.302 e. The summed E-state index contributed by atoms with van der Waals surface area (Å²) in [4.78, 5) is 10.9. The van der Waals surface area contributed by atoms with Gasteiger partial charge in [-0.1, -0.05) is 6.58 Å². The van der Waals surface area contributed by atoms with Gasteiger partial charge in [0.2, 0.25) is 0 Å². The van der Waals surface area contributed by atoms with Gasteiger partial charge in [-0.15, -0.1) is 5.73 Å². The first-order chi connectivity index (χ1) is 7.04. The Bertz CT molecular complexity index is 378. The molecule has 3 heteroatoms. The van der Waals surface area contributed by atoms with Gasteiger partial charge in [0, 0.05) is 17.0 Å². The molecule has 0 unspecified atom stereocenters. The van der Waals surface area contributed by atoms with Crippen molar-refractivity contribution in [2.45, 2.75) is 20.4 Å². The number of nitrogens with zero attached hydrogens (tertiary/aromatic N) is 3. The monoisotopic (exact) mass is 203 g/mol. The van der Waals surface area contributed by atoms with E-state index < -0.39 is 0 Å². The second-order valence-electron chi connectivity index (χ2n) is 3.81. The van der Waals surface area contributed by atoms with Crippen LogP contribution in [0.3, 0.4) is 0 Å². The van der Waals surface area contributed by atoms with Crippen molar-refractivity contribution in [3.05, 3.63) is 35.1 Å². The Hall–Kier alpha value is -1.44. The lowest BCUT2D eigenvalue weighted by Crippen LogP contribution is -2.15. The highest BCUT2D eigenvalue weighted by molar-refractivity contribution is 5.53. The van der Waals surface area contributed by atoms with Crippen molar-refractivity contribution in [3.63, 3.8) is 0 Å². The summed E-state index contributed by atoms with van der Waals surface area (Å²) in [5.74, 6) is 0.858. The third kappa shape index (κ3) is 3.01. The van der Waals surface area contributed by atoms with Crippen molar-refractivity contribution in [2.24, 2.45) is 0 Å². The molecule has 0 saturated carbocycles. The second kappa shape index (κ2) is 4.87. The van der Waals surface area contributed by atoms with Gasteiger partial charge in [-0.2, -0.15) is 0 Å². The third-order valence-corrected chi connectivity index (χ3v) is 2.08. The molecule has 0 aliphatic rings. The largest absolute Gasteiger partial charge is 0.302 e. The third-order valence-electron chi connectivity index (χ3n) is 2.08. The van der Waals surface area contributed by atoms with Gasteiger partial charge >= 0.3 is 0 Å². The van der Waals surface area contributed by atoms with E-state index in [1.165, 1.54) is 0 Å². The van der Waals surface area contributed by atoms with E-state index >= 15 is 0 Å². The van der Waals surface area contributed by atoms with Crippen LogP contribution in [0.4, 0.5) is 0 Å². The first kappa shape index (κ1) is 11.6. The van der Waals surface area contributed by atoms with E-state index in [1.54, 1.807) is 0 Å². The van der Waals surface area contributed by atoms with Crippen LogP contribution < -0.4 is 0 Å². The molecule has 0 N–H and O–H groups in total. The van der Waals surface area contributed by atoms with Crippen LogP contribution in [0.25, 0.3) is 6.08 Å². The van der Waals surface area contributed by atoms with Gasteiger partial charge in [0.05, 0.1) is 6.54 Å². The zero-order valence-corrected chi connectivity index (χ0v) is 9.83. The molecule has 15 heavy (non-hydrogen) atoms. The molecule has 0 amide bonds. The Kier molecular flexibility index (Phi) is 3.78. The average molecular weight is 203 g/mol. The summed E-state index contributed by atoms with van der Waals surface area (Å²) in [7, 11) is 4.01. The van der Waals surface area contributed by atoms with Crippen molar-refractivity contribution in [2.75, 3.05) is 14.1 Å². The van der Waals surface area contributed by atoms with Gasteiger partial charge in [-0.05, 0) is 34.0 Å². The minimum atomic E-state index is 0.764. The molecule has 80 valence electrons. The first-order valence-corrected chi connectivity index (χ1v) is 4.89. The fraction of sp³-hybridized carbons (Fsp3) is 0.417. The molecule has 0 radical (unpaired) electrons. The fourth-order valence-corrected chi connectivity index (χ4v) is 1.46. The zero-order chi connectivity index (χ0) is 11.4. The SMILES string of the molecule is C=C=Cc1c(C)nc(CN(C)C)nc1C. The molecule has 1 rings (SSSR count). The standard InChI is InChI=1S/C12H17N3/c1-6-7-11-9(2)13-12(8-15(4)5)14-10(11)3/h7H,1,8H2,2-5H3. The Morgan fingerprint density at radius 3 is 2.20 bits per heavy atom. The zero-order valence-electron chi connectivity index (χ0n) is 9.83. The first-order valence-electron chi connectivity index (χ1n) is 4.89. The summed E-state index contributed by atoms with van der Waals surface area (Å²) < 4.78 is 0. The average Bonchev–Trinajstić information content (AvgIpc) is 2.10. The van der Waals surface area contributed by atoms with Gasteiger partial charge in [0.1, 0.15) is 5.82 Å². The molecule has 0 spiro atoms. The molecule has 0 saturated heterocycles. The molecule has 0 aliphatic carbocycles. The van der Waals surface area contributed by atoms with Crippen molar-refractivity contribution in [1.82, 2.24) is 14.9 Å². The van der Waals surface area contributed by atoms with E-state index in [0.717, 1.165) is 29.3 Å². The molecule has 1 aromatic rings. The van der Waals surface area contributed by atoms with Crippen LogP contribution in [-0.4, -0.2) is 29.0 Å². The summed E-state index contributed by atoms with van der Waals surface area (Å²) >= 11 is 0. The quantitative estimate of drug-likeness (QED) is 0.703. The maximum Gasteiger partial charge on any atom is 0.142 e. The lowest BCUT2D eigenvalue weighted by molar-refractivity contribution is 0.389. The molecule has 1 heterocycles. The van der Waals surface area contributed by atoms with Gasteiger partial charge in [-0.25, -0.2) is 9.97 Å². The summed E-state index contributed by atoms with van der Waals surface area (Å²) in [6.07, 6.45) is 1.82. The molecular weight excluding hydrogens is 186 g/mol. The van der Waals surface area contributed by atoms with E-state index in [1.807, 2.05) is 34.0 Å². The lowest BCUT2D eigenvalue weighted by Gasteiger charge is -2.11. The van der Waals surface area contributed by atoms with Crippen molar-refractivity contribution in [3.8, 4) is 0 Å². The van der Waals surface area contributed by atoms with Crippen LogP contribution in [0, 0.1) is 13.8 Å². The number of aryl methyl sites for hydroxylation is 2. The molecule has 0 atom stereocenters. The highest BCUT2D eigenvalue weighted by atomic mass is 15.1. The molecule has 0 aliphatic heterocycles. The van der Waals surface area contributed by atoms with Gasteiger partial charge in [-0.3, -0.25) is 0 Å². The van der Waals surface area contributed by atoms with Crippen LogP contribution in [-0.2, 0) is 6.54 Å². The number of aromatic nitrogens is 2. The molecule has 0 aromatic carbocycles. The Balaban J connectivity index is 3.13. The van der Waals surface area contributed by atoms with Crippen molar-refractivity contribution >= 4 is 6.08 Å². The Labute approximate surface area is 91.2 Å².